The molecule has 0 bridgehead atoms. The Kier molecular flexibility index (Phi) is 2.63. The summed E-state index contributed by atoms with van der Waals surface area (Å²) in [4.78, 5) is 11.4. The highest BCUT2D eigenvalue weighted by Gasteiger charge is 2.10. The molecule has 0 radical (unpaired) electrons. The van der Waals surface area contributed by atoms with E-state index in [9.17, 15) is 4.79 Å². The summed E-state index contributed by atoms with van der Waals surface area (Å²) in [6.45, 7) is 2.08. The zero-order valence-electron chi connectivity index (χ0n) is 7.85. The third-order valence-electron chi connectivity index (χ3n) is 1.73. The molecule has 6 nitrogen and oxygen atoms in total. The molecule has 7 heteroatoms. The summed E-state index contributed by atoms with van der Waals surface area (Å²) in [5.74, 6) is -0.411. The standard InChI is InChI=1S/C8H7BrN4O2/c1-2-15-7(14)5-3-6-11-12-8(9)13(6)10-4-5/h3-4H,2H2,1H3. The number of aromatic nitrogens is 4. The summed E-state index contributed by atoms with van der Waals surface area (Å²) >= 11 is 3.17. The number of ether oxygens (including phenoxy) is 1. The predicted molar refractivity (Wildman–Crippen MR) is 54.4 cm³/mol. The van der Waals surface area contributed by atoms with Gasteiger partial charge in [-0.2, -0.15) is 9.61 Å². The van der Waals surface area contributed by atoms with Crippen molar-refractivity contribution in [1.82, 2.24) is 19.8 Å². The first-order valence-corrected chi connectivity index (χ1v) is 5.05. The SMILES string of the molecule is CCOC(=O)c1cnn2c(Br)nnc2c1. The molecule has 0 aromatic carbocycles. The Labute approximate surface area is 93.4 Å². The van der Waals surface area contributed by atoms with Gasteiger partial charge in [0.15, 0.2) is 5.65 Å². The zero-order valence-corrected chi connectivity index (χ0v) is 9.43. The lowest BCUT2D eigenvalue weighted by Gasteiger charge is -2.00. The first-order valence-electron chi connectivity index (χ1n) is 4.26. The fraction of sp³-hybridized carbons (Fsp3) is 0.250. The van der Waals surface area contributed by atoms with E-state index >= 15 is 0 Å². The second kappa shape index (κ2) is 3.93. The third kappa shape index (κ3) is 1.82. The van der Waals surface area contributed by atoms with Crippen molar-refractivity contribution < 1.29 is 9.53 Å². The molecule has 15 heavy (non-hydrogen) atoms. The Morgan fingerprint density at radius 2 is 2.40 bits per heavy atom. The van der Waals surface area contributed by atoms with Gasteiger partial charge in [0.05, 0.1) is 18.4 Å². The fourth-order valence-corrected chi connectivity index (χ4v) is 1.44. The maximum atomic E-state index is 11.4. The van der Waals surface area contributed by atoms with Gasteiger partial charge in [-0.15, -0.1) is 10.2 Å². The fourth-order valence-electron chi connectivity index (χ4n) is 1.09. The van der Waals surface area contributed by atoms with Gasteiger partial charge in [0, 0.05) is 6.07 Å². The van der Waals surface area contributed by atoms with E-state index in [1.54, 1.807) is 13.0 Å². The van der Waals surface area contributed by atoms with Crippen LogP contribution < -0.4 is 0 Å². The molecule has 2 aromatic rings. The Morgan fingerprint density at radius 3 is 3.13 bits per heavy atom. The molecule has 0 atom stereocenters. The Balaban J connectivity index is 2.43. The highest BCUT2D eigenvalue weighted by molar-refractivity contribution is 9.10. The van der Waals surface area contributed by atoms with Crippen LogP contribution in [0.1, 0.15) is 17.3 Å². The van der Waals surface area contributed by atoms with Crippen LogP contribution in [-0.4, -0.2) is 32.4 Å². The number of hydrogen-bond donors (Lipinski definition) is 0. The van der Waals surface area contributed by atoms with Crippen LogP contribution in [0, 0.1) is 0 Å². The molecule has 0 spiro atoms. The molecule has 0 unspecified atom stereocenters. The molecule has 0 fully saturated rings. The third-order valence-corrected chi connectivity index (χ3v) is 2.23. The van der Waals surface area contributed by atoms with Crippen molar-refractivity contribution in [2.24, 2.45) is 0 Å². The molecule has 0 aliphatic rings. The normalized spacial score (nSPS) is 10.5. The highest BCUT2D eigenvalue weighted by Crippen LogP contribution is 2.09. The Bertz CT molecular complexity index is 510. The van der Waals surface area contributed by atoms with E-state index in [0.29, 0.717) is 22.6 Å². The molecule has 2 rings (SSSR count). The topological polar surface area (TPSA) is 69.4 Å². The summed E-state index contributed by atoms with van der Waals surface area (Å²) in [7, 11) is 0. The van der Waals surface area contributed by atoms with Crippen LogP contribution in [0.2, 0.25) is 0 Å². The maximum absolute atomic E-state index is 11.4. The average molecular weight is 271 g/mol. The zero-order chi connectivity index (χ0) is 10.8. The lowest BCUT2D eigenvalue weighted by Crippen LogP contribution is -2.06. The molecule has 0 N–H and O–H groups in total. The van der Waals surface area contributed by atoms with E-state index in [2.05, 4.69) is 31.2 Å². The first kappa shape index (κ1) is 10.0. The molecule has 0 aliphatic carbocycles. The number of carbonyl (C=O) groups is 1. The number of nitrogens with zero attached hydrogens (tertiary/aromatic N) is 4. The van der Waals surface area contributed by atoms with Crippen molar-refractivity contribution in [3.05, 3.63) is 22.6 Å². The van der Waals surface area contributed by atoms with Crippen LogP contribution in [0.3, 0.4) is 0 Å². The second-order valence-electron chi connectivity index (χ2n) is 2.70. The summed E-state index contributed by atoms with van der Waals surface area (Å²) in [5.41, 5.74) is 0.858. The molecule has 78 valence electrons. The van der Waals surface area contributed by atoms with Gasteiger partial charge < -0.3 is 4.74 Å². The maximum Gasteiger partial charge on any atom is 0.339 e. The molecule has 0 saturated carbocycles. The minimum atomic E-state index is -0.411. The summed E-state index contributed by atoms with van der Waals surface area (Å²) in [6, 6.07) is 1.57. The predicted octanol–water partition coefficient (Wildman–Crippen LogP) is 1.06. The number of fused-ring (bicyclic) bond motifs is 1. The lowest BCUT2D eigenvalue weighted by atomic mass is 10.3. The summed E-state index contributed by atoms with van der Waals surface area (Å²) < 4.78 is 6.80. The van der Waals surface area contributed by atoms with Gasteiger partial charge in [-0.1, -0.05) is 0 Å². The number of hydrogen-bond acceptors (Lipinski definition) is 5. The van der Waals surface area contributed by atoms with Crippen molar-refractivity contribution in [2.75, 3.05) is 6.61 Å². The van der Waals surface area contributed by atoms with Crippen molar-refractivity contribution in [3.63, 3.8) is 0 Å². The Hall–Kier alpha value is -1.50. The van der Waals surface area contributed by atoms with E-state index in [4.69, 9.17) is 4.74 Å². The largest absolute Gasteiger partial charge is 0.462 e. The molecule has 0 saturated heterocycles. The molecule has 0 aliphatic heterocycles. The molecular weight excluding hydrogens is 264 g/mol. The first-order chi connectivity index (χ1) is 7.22. The van der Waals surface area contributed by atoms with E-state index in [-0.39, 0.29) is 0 Å². The average Bonchev–Trinajstić information content (AvgIpc) is 2.60. The summed E-state index contributed by atoms with van der Waals surface area (Å²) in [6.07, 6.45) is 1.42. The van der Waals surface area contributed by atoms with Crippen LogP contribution in [0.5, 0.6) is 0 Å². The molecule has 2 aromatic heterocycles. The van der Waals surface area contributed by atoms with Gasteiger partial charge in [0.1, 0.15) is 0 Å². The van der Waals surface area contributed by atoms with Gasteiger partial charge in [-0.05, 0) is 22.9 Å². The minimum Gasteiger partial charge on any atom is -0.462 e. The molecule has 0 amide bonds. The summed E-state index contributed by atoms with van der Waals surface area (Å²) in [5, 5.41) is 11.6. The second-order valence-corrected chi connectivity index (χ2v) is 3.41. The van der Waals surface area contributed by atoms with Gasteiger partial charge in [-0.3, -0.25) is 0 Å². The highest BCUT2D eigenvalue weighted by atomic mass is 79.9. The number of carbonyl (C=O) groups excluding carboxylic acids is 1. The van der Waals surface area contributed by atoms with Gasteiger partial charge >= 0.3 is 5.97 Å². The minimum absolute atomic E-state index is 0.334. The van der Waals surface area contributed by atoms with Crippen LogP contribution in [0.15, 0.2) is 17.0 Å². The quantitative estimate of drug-likeness (QED) is 0.764. The van der Waals surface area contributed by atoms with E-state index < -0.39 is 5.97 Å². The molecular formula is C8H7BrN4O2. The van der Waals surface area contributed by atoms with Gasteiger partial charge in [-0.25, -0.2) is 4.79 Å². The van der Waals surface area contributed by atoms with Gasteiger partial charge in [0.2, 0.25) is 4.73 Å². The number of rotatable bonds is 2. The smallest absolute Gasteiger partial charge is 0.339 e. The van der Waals surface area contributed by atoms with Crippen LogP contribution in [0.25, 0.3) is 5.65 Å². The van der Waals surface area contributed by atoms with E-state index in [1.165, 1.54) is 10.7 Å². The Morgan fingerprint density at radius 1 is 1.60 bits per heavy atom. The lowest BCUT2D eigenvalue weighted by molar-refractivity contribution is 0.0525. The van der Waals surface area contributed by atoms with Crippen LogP contribution in [-0.2, 0) is 4.74 Å². The van der Waals surface area contributed by atoms with Crippen LogP contribution in [0.4, 0.5) is 0 Å². The van der Waals surface area contributed by atoms with E-state index in [1.807, 2.05) is 0 Å². The van der Waals surface area contributed by atoms with Crippen molar-refractivity contribution in [2.45, 2.75) is 6.92 Å². The van der Waals surface area contributed by atoms with E-state index in [0.717, 1.165) is 0 Å². The van der Waals surface area contributed by atoms with Crippen molar-refractivity contribution in [1.29, 1.82) is 0 Å². The number of halogens is 1. The van der Waals surface area contributed by atoms with Crippen molar-refractivity contribution in [3.8, 4) is 0 Å². The van der Waals surface area contributed by atoms with Crippen LogP contribution >= 0.6 is 15.9 Å². The van der Waals surface area contributed by atoms with Crippen molar-refractivity contribution >= 4 is 27.5 Å². The van der Waals surface area contributed by atoms with Gasteiger partial charge in [0.25, 0.3) is 0 Å². The number of esters is 1. The monoisotopic (exact) mass is 270 g/mol. The molecule has 2 heterocycles.